The highest BCUT2D eigenvalue weighted by atomic mass is 32.2. The average Bonchev–Trinajstić information content (AvgIpc) is 2.81. The summed E-state index contributed by atoms with van der Waals surface area (Å²) in [6.45, 7) is 5.60. The lowest BCUT2D eigenvalue weighted by molar-refractivity contribution is -0.142. The third-order valence-corrected chi connectivity index (χ3v) is 7.14. The Kier molecular flexibility index (Phi) is 3.68. The van der Waals surface area contributed by atoms with Crippen LogP contribution in [-0.2, 0) is 14.6 Å². The molecule has 2 aliphatic rings. The van der Waals surface area contributed by atoms with Gasteiger partial charge in [0.15, 0.2) is 9.84 Å². The van der Waals surface area contributed by atoms with Gasteiger partial charge in [-0.2, -0.15) is 0 Å². The predicted molar refractivity (Wildman–Crippen MR) is 72.8 cm³/mol. The molecule has 2 heterocycles. The van der Waals surface area contributed by atoms with Gasteiger partial charge in [-0.25, -0.2) is 8.42 Å². The van der Waals surface area contributed by atoms with Crippen molar-refractivity contribution in [1.82, 2.24) is 4.90 Å². The molecular weight excluding hydrogens is 266 g/mol. The molecule has 0 aromatic carbocycles. The van der Waals surface area contributed by atoms with Crippen molar-refractivity contribution in [2.75, 3.05) is 12.3 Å². The first-order valence-electron chi connectivity index (χ1n) is 6.84. The van der Waals surface area contributed by atoms with Crippen molar-refractivity contribution in [3.05, 3.63) is 0 Å². The summed E-state index contributed by atoms with van der Waals surface area (Å²) in [5.74, 6) is -0.928. The van der Waals surface area contributed by atoms with Crippen molar-refractivity contribution < 1.29 is 18.3 Å². The molecule has 110 valence electrons. The fourth-order valence-electron chi connectivity index (χ4n) is 3.25. The molecular formula is C13H23NO4S. The molecule has 2 bridgehead atoms. The number of carboxylic acid groups (broad SMARTS) is 1. The Bertz CT molecular complexity index is 466. The summed E-state index contributed by atoms with van der Waals surface area (Å²) in [6, 6.07) is 0.305. The molecule has 2 rings (SSSR count). The van der Waals surface area contributed by atoms with Gasteiger partial charge in [0.25, 0.3) is 0 Å². The van der Waals surface area contributed by atoms with Gasteiger partial charge in [0.1, 0.15) is 0 Å². The highest BCUT2D eigenvalue weighted by Gasteiger charge is 2.49. The predicted octanol–water partition coefficient (Wildman–Crippen LogP) is 1.14. The molecule has 19 heavy (non-hydrogen) atoms. The third kappa shape index (κ3) is 2.65. The SMILES string of the molecule is CC(C)(C)S(=O)(=O)CCN1C2CCC1C(C(=O)O)C2. The van der Waals surface area contributed by atoms with Gasteiger partial charge in [-0.15, -0.1) is 0 Å². The van der Waals surface area contributed by atoms with E-state index < -0.39 is 20.6 Å². The summed E-state index contributed by atoms with van der Waals surface area (Å²) in [5.41, 5.74) is 0. The fraction of sp³-hybridized carbons (Fsp3) is 0.923. The summed E-state index contributed by atoms with van der Waals surface area (Å²) < 4.78 is 23.5. The number of aliphatic carboxylic acids is 1. The quantitative estimate of drug-likeness (QED) is 0.840. The standard InChI is InChI=1S/C13H23NO4S/c1-13(2,3)19(17,18)7-6-14-9-4-5-11(14)10(8-9)12(15)16/h9-11H,4-8H2,1-3H3,(H,15,16). The van der Waals surface area contributed by atoms with Crippen LogP contribution in [0.3, 0.4) is 0 Å². The van der Waals surface area contributed by atoms with Crippen LogP contribution in [0.5, 0.6) is 0 Å². The van der Waals surface area contributed by atoms with Gasteiger partial charge in [-0.05, 0) is 40.0 Å². The number of nitrogens with zero attached hydrogens (tertiary/aromatic N) is 1. The topological polar surface area (TPSA) is 74.7 Å². The second-order valence-electron chi connectivity index (χ2n) is 6.65. The van der Waals surface area contributed by atoms with Crippen LogP contribution in [0.2, 0.25) is 0 Å². The van der Waals surface area contributed by atoms with Gasteiger partial charge in [-0.3, -0.25) is 9.69 Å². The minimum atomic E-state index is -3.13. The number of fused-ring (bicyclic) bond motifs is 2. The van der Waals surface area contributed by atoms with Crippen LogP contribution in [-0.4, -0.2) is 53.5 Å². The Morgan fingerprint density at radius 3 is 2.42 bits per heavy atom. The molecule has 0 spiro atoms. The summed E-state index contributed by atoms with van der Waals surface area (Å²) in [5, 5.41) is 9.17. The largest absolute Gasteiger partial charge is 0.481 e. The highest BCUT2D eigenvalue weighted by Crippen LogP contribution is 2.41. The Balaban J connectivity index is 2.01. The fourth-order valence-corrected chi connectivity index (χ4v) is 4.31. The van der Waals surface area contributed by atoms with E-state index in [0.29, 0.717) is 13.0 Å². The Hall–Kier alpha value is -0.620. The van der Waals surface area contributed by atoms with Crippen molar-refractivity contribution in [2.24, 2.45) is 5.92 Å². The van der Waals surface area contributed by atoms with Gasteiger partial charge < -0.3 is 5.11 Å². The average molecular weight is 289 g/mol. The monoisotopic (exact) mass is 289 g/mol. The van der Waals surface area contributed by atoms with Gasteiger partial charge in [0, 0.05) is 18.6 Å². The lowest BCUT2D eigenvalue weighted by Gasteiger charge is -2.25. The molecule has 0 amide bonds. The van der Waals surface area contributed by atoms with E-state index in [0.717, 1.165) is 12.8 Å². The molecule has 0 aromatic rings. The Morgan fingerprint density at radius 2 is 1.95 bits per heavy atom. The lowest BCUT2D eigenvalue weighted by Crippen LogP contribution is -2.39. The first kappa shape index (κ1) is 14.8. The highest BCUT2D eigenvalue weighted by molar-refractivity contribution is 7.92. The van der Waals surface area contributed by atoms with E-state index in [-0.39, 0.29) is 23.8 Å². The van der Waals surface area contributed by atoms with Crippen molar-refractivity contribution >= 4 is 15.8 Å². The van der Waals surface area contributed by atoms with E-state index in [2.05, 4.69) is 4.90 Å². The Labute approximate surface area is 114 Å². The number of carbonyl (C=O) groups is 1. The molecule has 0 radical (unpaired) electrons. The van der Waals surface area contributed by atoms with E-state index in [9.17, 15) is 13.2 Å². The minimum absolute atomic E-state index is 0.0395. The van der Waals surface area contributed by atoms with Crippen LogP contribution in [0.15, 0.2) is 0 Å². The number of sulfone groups is 1. The zero-order chi connectivity index (χ0) is 14.4. The molecule has 2 aliphatic heterocycles. The molecule has 6 heteroatoms. The van der Waals surface area contributed by atoms with Gasteiger partial charge >= 0.3 is 5.97 Å². The summed E-state index contributed by atoms with van der Waals surface area (Å²) in [7, 11) is -3.13. The number of rotatable bonds is 4. The molecule has 3 unspecified atom stereocenters. The van der Waals surface area contributed by atoms with Crippen molar-refractivity contribution in [1.29, 1.82) is 0 Å². The first-order chi connectivity index (χ1) is 8.63. The smallest absolute Gasteiger partial charge is 0.308 e. The van der Waals surface area contributed by atoms with Gasteiger partial charge in [0.05, 0.1) is 16.4 Å². The van der Waals surface area contributed by atoms with E-state index >= 15 is 0 Å². The first-order valence-corrected chi connectivity index (χ1v) is 8.49. The van der Waals surface area contributed by atoms with E-state index in [4.69, 9.17) is 5.11 Å². The van der Waals surface area contributed by atoms with Crippen LogP contribution in [0.4, 0.5) is 0 Å². The molecule has 3 atom stereocenters. The van der Waals surface area contributed by atoms with E-state index in [1.807, 2.05) is 0 Å². The third-order valence-electron chi connectivity index (χ3n) is 4.55. The molecule has 2 saturated heterocycles. The molecule has 0 aliphatic carbocycles. The minimum Gasteiger partial charge on any atom is -0.481 e. The summed E-state index contributed by atoms with van der Waals surface area (Å²) >= 11 is 0. The summed E-state index contributed by atoms with van der Waals surface area (Å²) in [4.78, 5) is 13.3. The van der Waals surface area contributed by atoms with Crippen LogP contribution in [0, 0.1) is 5.92 Å². The molecule has 2 fully saturated rings. The van der Waals surface area contributed by atoms with E-state index in [1.165, 1.54) is 0 Å². The van der Waals surface area contributed by atoms with Gasteiger partial charge in [-0.1, -0.05) is 0 Å². The molecule has 5 nitrogen and oxygen atoms in total. The Morgan fingerprint density at radius 1 is 1.32 bits per heavy atom. The van der Waals surface area contributed by atoms with Crippen LogP contribution >= 0.6 is 0 Å². The number of hydrogen-bond donors (Lipinski definition) is 1. The van der Waals surface area contributed by atoms with Crippen molar-refractivity contribution in [3.8, 4) is 0 Å². The maximum Gasteiger partial charge on any atom is 0.308 e. The summed E-state index contributed by atoms with van der Waals surface area (Å²) in [6.07, 6.45) is 2.57. The van der Waals surface area contributed by atoms with Crippen LogP contribution < -0.4 is 0 Å². The lowest BCUT2D eigenvalue weighted by atomic mass is 9.89. The maximum absolute atomic E-state index is 12.1. The normalized spacial score (nSPS) is 31.8. The number of carboxylic acids is 1. The van der Waals surface area contributed by atoms with Gasteiger partial charge in [0.2, 0.25) is 0 Å². The molecule has 0 saturated carbocycles. The van der Waals surface area contributed by atoms with Crippen LogP contribution in [0.1, 0.15) is 40.0 Å². The number of hydrogen-bond acceptors (Lipinski definition) is 4. The second kappa shape index (κ2) is 4.74. The second-order valence-corrected chi connectivity index (χ2v) is 9.51. The van der Waals surface area contributed by atoms with Crippen molar-refractivity contribution in [2.45, 2.75) is 56.9 Å². The van der Waals surface area contributed by atoms with E-state index in [1.54, 1.807) is 20.8 Å². The molecule has 0 aromatic heterocycles. The maximum atomic E-state index is 12.1. The zero-order valence-electron chi connectivity index (χ0n) is 11.8. The zero-order valence-corrected chi connectivity index (χ0v) is 12.6. The van der Waals surface area contributed by atoms with Crippen LogP contribution in [0.25, 0.3) is 0 Å². The molecule has 1 N–H and O–H groups in total. The van der Waals surface area contributed by atoms with Crippen molar-refractivity contribution in [3.63, 3.8) is 0 Å².